The van der Waals surface area contributed by atoms with E-state index < -0.39 is 0 Å². The van der Waals surface area contributed by atoms with Crippen LogP contribution in [0, 0.1) is 6.92 Å². The molecule has 2 aliphatic rings. The highest BCUT2D eigenvalue weighted by molar-refractivity contribution is 5.08. The molecule has 0 amide bonds. The Kier molecular flexibility index (Phi) is 4.70. The first-order valence-corrected chi connectivity index (χ1v) is 7.86. The highest BCUT2D eigenvalue weighted by Gasteiger charge is 2.23. The molecule has 0 saturated carbocycles. The highest BCUT2D eigenvalue weighted by atomic mass is 16.5. The van der Waals surface area contributed by atoms with Crippen LogP contribution in [0.25, 0.3) is 0 Å². The van der Waals surface area contributed by atoms with E-state index in [1.54, 1.807) is 6.33 Å². The molecule has 0 radical (unpaired) electrons. The van der Waals surface area contributed by atoms with E-state index in [-0.39, 0.29) is 0 Å². The molecule has 0 spiro atoms. The maximum absolute atomic E-state index is 6.03. The molecule has 1 aromatic rings. The number of rotatable bonds is 4. The number of nitrogens with one attached hydrogen (secondary N) is 1. The minimum atomic E-state index is 0.356. The van der Waals surface area contributed by atoms with Crippen molar-refractivity contribution in [3.63, 3.8) is 0 Å². The Balaban J connectivity index is 1.55. The highest BCUT2D eigenvalue weighted by Crippen LogP contribution is 2.14. The van der Waals surface area contributed by atoms with Crippen LogP contribution in [0.15, 0.2) is 6.33 Å². The zero-order valence-corrected chi connectivity index (χ0v) is 12.5. The van der Waals surface area contributed by atoms with Gasteiger partial charge in [-0.25, -0.2) is 4.98 Å². The molecule has 2 saturated heterocycles. The van der Waals surface area contributed by atoms with E-state index in [0.29, 0.717) is 6.10 Å². The van der Waals surface area contributed by atoms with Crippen LogP contribution >= 0.6 is 0 Å². The normalized spacial score (nSPS) is 25.9. The first-order chi connectivity index (χ1) is 9.81. The summed E-state index contributed by atoms with van der Waals surface area (Å²) in [6.45, 7) is 9.67. The zero-order valence-electron chi connectivity index (χ0n) is 12.5. The van der Waals surface area contributed by atoms with Gasteiger partial charge < -0.3 is 14.6 Å². The zero-order chi connectivity index (χ0) is 13.8. The van der Waals surface area contributed by atoms with Crippen molar-refractivity contribution in [2.24, 2.45) is 0 Å². The molecule has 0 aliphatic carbocycles. The van der Waals surface area contributed by atoms with Gasteiger partial charge in [0, 0.05) is 38.5 Å². The Hall–Kier alpha value is -0.910. The van der Waals surface area contributed by atoms with Gasteiger partial charge >= 0.3 is 0 Å². The van der Waals surface area contributed by atoms with Crippen molar-refractivity contribution in [3.8, 4) is 0 Å². The number of nitrogens with zero attached hydrogens (tertiary/aromatic N) is 3. The van der Waals surface area contributed by atoms with Gasteiger partial charge in [0.1, 0.15) is 0 Å². The number of hydrogen-bond acceptors (Lipinski definition) is 4. The second-order valence-corrected chi connectivity index (χ2v) is 6.06. The van der Waals surface area contributed by atoms with Crippen molar-refractivity contribution in [1.82, 2.24) is 19.8 Å². The fourth-order valence-corrected chi connectivity index (χ4v) is 3.24. The summed E-state index contributed by atoms with van der Waals surface area (Å²) in [5.41, 5.74) is 2.36. The lowest BCUT2D eigenvalue weighted by Crippen LogP contribution is -2.39. The van der Waals surface area contributed by atoms with Gasteiger partial charge in [-0.2, -0.15) is 0 Å². The lowest BCUT2D eigenvalue weighted by Gasteiger charge is -2.26. The van der Waals surface area contributed by atoms with Crippen LogP contribution in [0.5, 0.6) is 0 Å². The molecule has 5 heteroatoms. The minimum Gasteiger partial charge on any atom is -0.376 e. The lowest BCUT2D eigenvalue weighted by molar-refractivity contribution is 0.0306. The van der Waals surface area contributed by atoms with Crippen molar-refractivity contribution < 1.29 is 4.74 Å². The summed E-state index contributed by atoms with van der Waals surface area (Å²) in [6, 6.07) is 0. The predicted molar refractivity (Wildman–Crippen MR) is 78.6 cm³/mol. The number of hydrogen-bond donors (Lipinski definition) is 1. The Bertz CT molecular complexity index is 414. The fraction of sp³-hybridized carbons (Fsp3) is 0.800. The largest absolute Gasteiger partial charge is 0.376 e. The van der Waals surface area contributed by atoms with Crippen LogP contribution in [-0.4, -0.2) is 65.2 Å². The smallest absolute Gasteiger partial charge is 0.0925 e. The standard InChI is InChI=1S/C15H26N4O/c1-13-15(17-12-16-13)11-19-7-4-8-20-14(10-19)9-18-5-2-3-6-18/h12,14H,2-11H2,1H3,(H,16,17). The van der Waals surface area contributed by atoms with Crippen LogP contribution in [0.4, 0.5) is 0 Å². The summed E-state index contributed by atoms with van der Waals surface area (Å²) in [5.74, 6) is 0. The summed E-state index contributed by atoms with van der Waals surface area (Å²) < 4.78 is 6.03. The molecule has 1 atom stereocenters. The van der Waals surface area contributed by atoms with Crippen LogP contribution in [0.2, 0.25) is 0 Å². The van der Waals surface area contributed by atoms with Crippen LogP contribution < -0.4 is 0 Å². The molecule has 2 fully saturated rings. The van der Waals surface area contributed by atoms with E-state index in [9.17, 15) is 0 Å². The number of ether oxygens (including phenoxy) is 1. The monoisotopic (exact) mass is 278 g/mol. The first kappa shape index (κ1) is 14.0. The Morgan fingerprint density at radius 2 is 2.05 bits per heavy atom. The van der Waals surface area contributed by atoms with Gasteiger partial charge in [0.05, 0.1) is 18.1 Å². The molecule has 5 nitrogen and oxygen atoms in total. The quantitative estimate of drug-likeness (QED) is 0.904. The SMILES string of the molecule is Cc1[nH]cnc1CN1CCCOC(CN2CCCC2)C1. The molecule has 1 N–H and O–H groups in total. The maximum atomic E-state index is 6.03. The average Bonchev–Trinajstić information content (AvgIpc) is 3.01. The number of aromatic amines is 1. The predicted octanol–water partition coefficient (Wildman–Crippen LogP) is 1.40. The number of likely N-dealkylation sites (tertiary alicyclic amines) is 1. The van der Waals surface area contributed by atoms with E-state index in [0.717, 1.165) is 39.2 Å². The number of H-pyrrole nitrogens is 1. The third kappa shape index (κ3) is 3.59. The maximum Gasteiger partial charge on any atom is 0.0925 e. The van der Waals surface area contributed by atoms with Crippen LogP contribution in [0.1, 0.15) is 30.7 Å². The third-order valence-electron chi connectivity index (χ3n) is 4.40. The number of aryl methyl sites for hydroxylation is 1. The van der Waals surface area contributed by atoms with E-state index in [1.165, 1.54) is 37.3 Å². The molecule has 1 unspecified atom stereocenters. The second-order valence-electron chi connectivity index (χ2n) is 6.06. The average molecular weight is 278 g/mol. The van der Waals surface area contributed by atoms with Gasteiger partial charge in [-0.15, -0.1) is 0 Å². The van der Waals surface area contributed by atoms with Crippen molar-refractivity contribution in [3.05, 3.63) is 17.7 Å². The van der Waals surface area contributed by atoms with Crippen LogP contribution in [-0.2, 0) is 11.3 Å². The second kappa shape index (κ2) is 6.70. The van der Waals surface area contributed by atoms with E-state index >= 15 is 0 Å². The van der Waals surface area contributed by atoms with E-state index in [1.807, 2.05) is 0 Å². The minimum absolute atomic E-state index is 0.356. The molecule has 2 aliphatic heterocycles. The van der Waals surface area contributed by atoms with Crippen molar-refractivity contribution in [2.75, 3.05) is 39.3 Å². The van der Waals surface area contributed by atoms with Gasteiger partial charge in [0.15, 0.2) is 0 Å². The Morgan fingerprint density at radius 1 is 1.25 bits per heavy atom. The molecular formula is C15H26N4O. The van der Waals surface area contributed by atoms with E-state index in [2.05, 4.69) is 26.7 Å². The van der Waals surface area contributed by atoms with Crippen molar-refractivity contribution in [2.45, 2.75) is 38.8 Å². The molecule has 3 heterocycles. The van der Waals surface area contributed by atoms with Gasteiger partial charge in [-0.05, 0) is 39.3 Å². The molecule has 112 valence electrons. The Morgan fingerprint density at radius 3 is 2.80 bits per heavy atom. The fourth-order valence-electron chi connectivity index (χ4n) is 3.24. The number of aromatic nitrogens is 2. The summed E-state index contributed by atoms with van der Waals surface area (Å²) >= 11 is 0. The van der Waals surface area contributed by atoms with Crippen molar-refractivity contribution >= 4 is 0 Å². The van der Waals surface area contributed by atoms with Crippen molar-refractivity contribution in [1.29, 1.82) is 0 Å². The summed E-state index contributed by atoms with van der Waals surface area (Å²) in [7, 11) is 0. The molecular weight excluding hydrogens is 252 g/mol. The number of imidazole rings is 1. The lowest BCUT2D eigenvalue weighted by atomic mass is 10.2. The van der Waals surface area contributed by atoms with Gasteiger partial charge in [0.25, 0.3) is 0 Å². The topological polar surface area (TPSA) is 44.4 Å². The Labute approximate surface area is 121 Å². The van der Waals surface area contributed by atoms with Crippen LogP contribution in [0.3, 0.4) is 0 Å². The molecule has 0 bridgehead atoms. The summed E-state index contributed by atoms with van der Waals surface area (Å²) in [6.07, 6.45) is 5.97. The van der Waals surface area contributed by atoms with Gasteiger partial charge in [-0.3, -0.25) is 4.90 Å². The molecule has 1 aromatic heterocycles. The summed E-state index contributed by atoms with van der Waals surface area (Å²) in [5, 5.41) is 0. The first-order valence-electron chi connectivity index (χ1n) is 7.86. The van der Waals surface area contributed by atoms with Gasteiger partial charge in [0.2, 0.25) is 0 Å². The summed E-state index contributed by atoms with van der Waals surface area (Å²) in [4.78, 5) is 12.6. The molecule has 0 aromatic carbocycles. The third-order valence-corrected chi connectivity index (χ3v) is 4.40. The van der Waals surface area contributed by atoms with Gasteiger partial charge in [-0.1, -0.05) is 0 Å². The molecule has 20 heavy (non-hydrogen) atoms. The molecule has 3 rings (SSSR count). The van der Waals surface area contributed by atoms with E-state index in [4.69, 9.17) is 4.74 Å².